The van der Waals surface area contributed by atoms with Crippen LogP contribution in [0.3, 0.4) is 0 Å². The lowest BCUT2D eigenvalue weighted by atomic mass is 10.1. The van der Waals surface area contributed by atoms with Crippen molar-refractivity contribution < 1.29 is 4.42 Å². The van der Waals surface area contributed by atoms with Gasteiger partial charge in [0.2, 0.25) is 0 Å². The molecule has 0 aliphatic carbocycles. The van der Waals surface area contributed by atoms with E-state index in [1.165, 1.54) is 5.56 Å². The molecule has 0 unspecified atom stereocenters. The van der Waals surface area contributed by atoms with Crippen LogP contribution in [0.1, 0.15) is 24.3 Å². The number of furan rings is 1. The molecule has 0 aliphatic rings. The number of nitrogens with one attached hydrogen (secondary N) is 1. The minimum Gasteiger partial charge on any atom is -0.448 e. The van der Waals surface area contributed by atoms with Crippen LogP contribution in [0.15, 0.2) is 45.3 Å². The molecule has 0 radical (unpaired) electrons. The van der Waals surface area contributed by atoms with Crippen molar-refractivity contribution in [3.05, 3.63) is 57.4 Å². The Labute approximate surface area is 114 Å². The van der Waals surface area contributed by atoms with Gasteiger partial charge in [-0.3, -0.25) is 0 Å². The summed E-state index contributed by atoms with van der Waals surface area (Å²) in [5.41, 5.74) is 1.23. The van der Waals surface area contributed by atoms with Crippen LogP contribution in [0.4, 0.5) is 0 Å². The molecule has 0 saturated heterocycles. The summed E-state index contributed by atoms with van der Waals surface area (Å²) in [4.78, 5) is 0. The van der Waals surface area contributed by atoms with Crippen molar-refractivity contribution in [2.75, 3.05) is 0 Å². The minimum atomic E-state index is 0.261. The molecular weight excluding hydrogens is 302 g/mol. The molecule has 2 rings (SSSR count). The molecule has 90 valence electrons. The molecule has 1 atom stereocenters. The second-order valence-corrected chi connectivity index (χ2v) is 5.15. The number of rotatable bonds is 4. The quantitative estimate of drug-likeness (QED) is 0.896. The number of benzene rings is 1. The molecule has 0 saturated carbocycles. The zero-order valence-electron chi connectivity index (χ0n) is 9.41. The summed E-state index contributed by atoms with van der Waals surface area (Å²) in [6.07, 6.45) is 0. The third-order valence-corrected chi connectivity index (χ3v) is 3.26. The fraction of sp³-hybridized carbons (Fsp3) is 0.231. The molecule has 0 amide bonds. The van der Waals surface area contributed by atoms with E-state index in [2.05, 4.69) is 40.3 Å². The zero-order chi connectivity index (χ0) is 12.3. The van der Waals surface area contributed by atoms with Gasteiger partial charge in [-0.1, -0.05) is 28.1 Å². The Kier molecular flexibility index (Phi) is 4.26. The van der Waals surface area contributed by atoms with Gasteiger partial charge < -0.3 is 9.73 Å². The van der Waals surface area contributed by atoms with Gasteiger partial charge in [0, 0.05) is 10.5 Å². The molecule has 1 aromatic heterocycles. The van der Waals surface area contributed by atoms with Crippen molar-refractivity contribution in [1.82, 2.24) is 5.32 Å². The largest absolute Gasteiger partial charge is 0.448 e. The number of halogens is 2. The van der Waals surface area contributed by atoms with Crippen molar-refractivity contribution >= 4 is 27.5 Å². The average Bonchev–Trinajstić information content (AvgIpc) is 2.72. The summed E-state index contributed by atoms with van der Waals surface area (Å²) < 4.78 is 6.37. The van der Waals surface area contributed by atoms with Gasteiger partial charge in [0.25, 0.3) is 0 Å². The van der Waals surface area contributed by atoms with Gasteiger partial charge in [0.1, 0.15) is 5.76 Å². The standard InChI is InChI=1S/C13H13BrClNO/c1-9(10-3-2-4-11(14)7-10)16-8-12-5-6-13(15)17-12/h2-7,9,16H,8H2,1H3/t9-/m1/s1. The first-order valence-corrected chi connectivity index (χ1v) is 6.55. The van der Waals surface area contributed by atoms with Crippen molar-refractivity contribution in [2.24, 2.45) is 0 Å². The van der Waals surface area contributed by atoms with E-state index in [9.17, 15) is 0 Å². The molecule has 4 heteroatoms. The highest BCUT2D eigenvalue weighted by Gasteiger charge is 2.06. The van der Waals surface area contributed by atoms with E-state index >= 15 is 0 Å². The monoisotopic (exact) mass is 313 g/mol. The lowest BCUT2D eigenvalue weighted by molar-refractivity contribution is 0.461. The molecule has 0 bridgehead atoms. The maximum absolute atomic E-state index is 5.71. The van der Waals surface area contributed by atoms with E-state index in [1.807, 2.05) is 18.2 Å². The summed E-state index contributed by atoms with van der Waals surface area (Å²) in [7, 11) is 0. The number of hydrogen-bond donors (Lipinski definition) is 1. The molecule has 0 spiro atoms. The minimum absolute atomic E-state index is 0.261. The van der Waals surface area contributed by atoms with Crippen LogP contribution >= 0.6 is 27.5 Å². The first-order valence-electron chi connectivity index (χ1n) is 5.38. The predicted molar refractivity (Wildman–Crippen MR) is 73.1 cm³/mol. The van der Waals surface area contributed by atoms with E-state index < -0.39 is 0 Å². The third kappa shape index (κ3) is 3.60. The van der Waals surface area contributed by atoms with E-state index in [0.717, 1.165) is 10.2 Å². The normalized spacial score (nSPS) is 12.6. The first-order chi connectivity index (χ1) is 8.15. The van der Waals surface area contributed by atoms with Gasteiger partial charge in [-0.05, 0) is 48.4 Å². The van der Waals surface area contributed by atoms with E-state index in [1.54, 1.807) is 6.07 Å². The maximum atomic E-state index is 5.71. The third-order valence-electron chi connectivity index (χ3n) is 2.56. The van der Waals surface area contributed by atoms with Crippen molar-refractivity contribution in [1.29, 1.82) is 0 Å². The Balaban J connectivity index is 1.95. The van der Waals surface area contributed by atoms with Crippen LogP contribution in [0, 0.1) is 0 Å². The first kappa shape index (κ1) is 12.7. The summed E-state index contributed by atoms with van der Waals surface area (Å²) in [5.74, 6) is 0.844. The molecule has 1 heterocycles. The molecule has 2 aromatic rings. The Morgan fingerprint density at radius 2 is 2.18 bits per heavy atom. The molecule has 1 aromatic carbocycles. The molecule has 17 heavy (non-hydrogen) atoms. The Morgan fingerprint density at radius 1 is 1.35 bits per heavy atom. The molecular formula is C13H13BrClNO. The lowest BCUT2D eigenvalue weighted by Crippen LogP contribution is -2.17. The van der Waals surface area contributed by atoms with Crippen molar-refractivity contribution in [3.8, 4) is 0 Å². The second kappa shape index (κ2) is 5.71. The molecule has 0 fully saturated rings. The highest BCUT2D eigenvalue weighted by atomic mass is 79.9. The van der Waals surface area contributed by atoms with Gasteiger partial charge in [-0.15, -0.1) is 0 Å². The van der Waals surface area contributed by atoms with Crippen LogP contribution in [0.5, 0.6) is 0 Å². The summed E-state index contributed by atoms with van der Waals surface area (Å²) >= 11 is 9.18. The van der Waals surface area contributed by atoms with Gasteiger partial charge >= 0.3 is 0 Å². The SMILES string of the molecule is C[C@@H](NCc1ccc(Cl)o1)c1cccc(Br)c1. The van der Waals surface area contributed by atoms with E-state index in [4.69, 9.17) is 16.0 Å². The highest BCUT2D eigenvalue weighted by molar-refractivity contribution is 9.10. The van der Waals surface area contributed by atoms with Crippen LogP contribution in [-0.2, 0) is 6.54 Å². The molecule has 0 aliphatic heterocycles. The fourth-order valence-electron chi connectivity index (χ4n) is 1.59. The maximum Gasteiger partial charge on any atom is 0.193 e. The summed E-state index contributed by atoms with van der Waals surface area (Å²) in [6, 6.07) is 12.1. The molecule has 1 N–H and O–H groups in total. The van der Waals surface area contributed by atoms with Crippen LogP contribution < -0.4 is 5.32 Å². The van der Waals surface area contributed by atoms with Gasteiger partial charge in [-0.25, -0.2) is 0 Å². The van der Waals surface area contributed by atoms with Gasteiger partial charge in [0.05, 0.1) is 6.54 Å². The zero-order valence-corrected chi connectivity index (χ0v) is 11.8. The van der Waals surface area contributed by atoms with E-state index in [-0.39, 0.29) is 6.04 Å². The van der Waals surface area contributed by atoms with Gasteiger partial charge in [-0.2, -0.15) is 0 Å². The van der Waals surface area contributed by atoms with Gasteiger partial charge in [0.15, 0.2) is 5.22 Å². The van der Waals surface area contributed by atoms with Crippen LogP contribution in [0.2, 0.25) is 5.22 Å². The predicted octanol–water partition coefficient (Wildman–Crippen LogP) is 4.55. The Hall–Kier alpha value is -0.770. The molecule has 2 nitrogen and oxygen atoms in total. The Bertz CT molecular complexity index is 498. The highest BCUT2D eigenvalue weighted by Crippen LogP contribution is 2.19. The topological polar surface area (TPSA) is 25.2 Å². The van der Waals surface area contributed by atoms with E-state index in [0.29, 0.717) is 11.8 Å². The number of hydrogen-bond acceptors (Lipinski definition) is 2. The smallest absolute Gasteiger partial charge is 0.193 e. The van der Waals surface area contributed by atoms with Crippen molar-refractivity contribution in [3.63, 3.8) is 0 Å². The summed E-state index contributed by atoms with van der Waals surface area (Å²) in [6.45, 7) is 2.78. The average molecular weight is 315 g/mol. The second-order valence-electron chi connectivity index (χ2n) is 3.86. The Morgan fingerprint density at radius 3 is 2.82 bits per heavy atom. The lowest BCUT2D eigenvalue weighted by Gasteiger charge is -2.13. The van der Waals surface area contributed by atoms with Crippen LogP contribution in [0.25, 0.3) is 0 Å². The summed E-state index contributed by atoms with van der Waals surface area (Å²) in [5, 5.41) is 3.81. The van der Waals surface area contributed by atoms with Crippen LogP contribution in [-0.4, -0.2) is 0 Å². The fourth-order valence-corrected chi connectivity index (χ4v) is 2.17. The van der Waals surface area contributed by atoms with Crippen molar-refractivity contribution in [2.45, 2.75) is 19.5 Å².